The molecule has 2 nitrogen and oxygen atoms in total. The summed E-state index contributed by atoms with van der Waals surface area (Å²) in [6, 6.07) is 10.9. The molecule has 0 saturated heterocycles. The van der Waals surface area contributed by atoms with Crippen LogP contribution in [-0.4, -0.2) is 5.54 Å². The maximum atomic E-state index is 9.66. The van der Waals surface area contributed by atoms with E-state index in [1.807, 2.05) is 6.07 Å². The summed E-state index contributed by atoms with van der Waals surface area (Å²) in [7, 11) is 0. The molecule has 0 bridgehead atoms. The van der Waals surface area contributed by atoms with Crippen LogP contribution in [0.15, 0.2) is 24.3 Å². The molecule has 0 heterocycles. The van der Waals surface area contributed by atoms with Gasteiger partial charge in [-0.15, -0.1) is 0 Å². The van der Waals surface area contributed by atoms with E-state index in [1.54, 1.807) is 0 Å². The number of rotatable bonds is 3. The first-order chi connectivity index (χ1) is 8.70. The highest BCUT2D eigenvalue weighted by molar-refractivity contribution is 5.50. The smallest absolute Gasteiger partial charge is 0.128 e. The lowest BCUT2D eigenvalue weighted by atomic mass is 9.72. The summed E-state index contributed by atoms with van der Waals surface area (Å²) in [5, 5.41) is 13.2. The zero-order chi connectivity index (χ0) is 13.0. The third-order valence-electron chi connectivity index (χ3n) is 4.15. The molecule has 1 N–H and O–H groups in total. The molecule has 1 aliphatic carbocycles. The fraction of sp³-hybridized carbons (Fsp3) is 0.562. The molecular formula is C16H22N2. The van der Waals surface area contributed by atoms with Gasteiger partial charge >= 0.3 is 0 Å². The Morgan fingerprint density at radius 1 is 1.44 bits per heavy atom. The summed E-state index contributed by atoms with van der Waals surface area (Å²) in [6.45, 7) is 4.28. The minimum absolute atomic E-state index is 0.360. The molecule has 0 radical (unpaired) electrons. The zero-order valence-electron chi connectivity index (χ0n) is 11.4. The fourth-order valence-electron chi connectivity index (χ4n) is 3.12. The standard InChI is InChI=1S/C16H22N2/c1-3-14-8-4-5-10-16(14,12-17)18-15-9-6-7-13(2)11-15/h6-7,9,11,14,18H,3-5,8,10H2,1-2H3. The predicted octanol–water partition coefficient (Wildman–Crippen LogP) is 4.27. The van der Waals surface area contributed by atoms with Crippen LogP contribution >= 0.6 is 0 Å². The van der Waals surface area contributed by atoms with Crippen molar-refractivity contribution in [2.24, 2.45) is 5.92 Å². The highest BCUT2D eigenvalue weighted by atomic mass is 15.0. The molecule has 0 amide bonds. The van der Waals surface area contributed by atoms with Gasteiger partial charge < -0.3 is 5.32 Å². The topological polar surface area (TPSA) is 35.8 Å². The van der Waals surface area contributed by atoms with E-state index in [1.165, 1.54) is 18.4 Å². The van der Waals surface area contributed by atoms with Crippen LogP contribution in [0.25, 0.3) is 0 Å². The molecular weight excluding hydrogens is 220 g/mol. The highest BCUT2D eigenvalue weighted by Crippen LogP contribution is 2.38. The summed E-state index contributed by atoms with van der Waals surface area (Å²) in [4.78, 5) is 0. The van der Waals surface area contributed by atoms with Crippen LogP contribution in [0.5, 0.6) is 0 Å². The Morgan fingerprint density at radius 2 is 2.28 bits per heavy atom. The summed E-state index contributed by atoms with van der Waals surface area (Å²) < 4.78 is 0. The van der Waals surface area contributed by atoms with E-state index in [0.717, 1.165) is 24.9 Å². The summed E-state index contributed by atoms with van der Waals surface area (Å²) in [6.07, 6.45) is 5.63. The lowest BCUT2D eigenvalue weighted by molar-refractivity contribution is 0.259. The second kappa shape index (κ2) is 5.44. The second-order valence-corrected chi connectivity index (χ2v) is 5.43. The van der Waals surface area contributed by atoms with Crippen molar-refractivity contribution in [3.05, 3.63) is 29.8 Å². The molecule has 0 aliphatic heterocycles. The van der Waals surface area contributed by atoms with Crippen LogP contribution in [0, 0.1) is 24.2 Å². The Balaban J connectivity index is 2.24. The minimum Gasteiger partial charge on any atom is -0.367 e. The maximum Gasteiger partial charge on any atom is 0.128 e. The Morgan fingerprint density at radius 3 is 2.94 bits per heavy atom. The molecule has 2 unspecified atom stereocenters. The van der Waals surface area contributed by atoms with E-state index < -0.39 is 0 Å². The summed E-state index contributed by atoms with van der Waals surface area (Å²) in [5.74, 6) is 0.469. The maximum absolute atomic E-state index is 9.66. The van der Waals surface area contributed by atoms with Crippen molar-refractivity contribution in [2.75, 3.05) is 5.32 Å². The number of hydrogen-bond acceptors (Lipinski definition) is 2. The quantitative estimate of drug-likeness (QED) is 0.859. The predicted molar refractivity (Wildman–Crippen MR) is 75.4 cm³/mol. The van der Waals surface area contributed by atoms with Crippen molar-refractivity contribution in [2.45, 2.75) is 51.5 Å². The van der Waals surface area contributed by atoms with E-state index in [-0.39, 0.29) is 5.54 Å². The van der Waals surface area contributed by atoms with Crippen molar-refractivity contribution in [3.63, 3.8) is 0 Å². The van der Waals surface area contributed by atoms with E-state index in [2.05, 4.69) is 43.4 Å². The number of anilines is 1. The van der Waals surface area contributed by atoms with Crippen LogP contribution in [-0.2, 0) is 0 Å². The van der Waals surface area contributed by atoms with Gasteiger partial charge in [0.05, 0.1) is 6.07 Å². The number of hydrogen-bond donors (Lipinski definition) is 1. The number of benzene rings is 1. The SMILES string of the molecule is CCC1CCCCC1(C#N)Nc1cccc(C)c1. The first-order valence-corrected chi connectivity index (χ1v) is 6.96. The van der Waals surface area contributed by atoms with Gasteiger partial charge in [0.25, 0.3) is 0 Å². The van der Waals surface area contributed by atoms with Gasteiger partial charge in [-0.3, -0.25) is 0 Å². The Hall–Kier alpha value is -1.49. The molecule has 18 heavy (non-hydrogen) atoms. The largest absolute Gasteiger partial charge is 0.367 e. The minimum atomic E-state index is -0.360. The Kier molecular flexibility index (Phi) is 3.91. The van der Waals surface area contributed by atoms with E-state index in [4.69, 9.17) is 0 Å². The molecule has 1 aliphatic rings. The van der Waals surface area contributed by atoms with Gasteiger partial charge in [-0.2, -0.15) is 5.26 Å². The van der Waals surface area contributed by atoms with Crippen LogP contribution in [0.3, 0.4) is 0 Å². The molecule has 2 heteroatoms. The van der Waals surface area contributed by atoms with Crippen LogP contribution < -0.4 is 5.32 Å². The molecule has 1 saturated carbocycles. The van der Waals surface area contributed by atoms with E-state index >= 15 is 0 Å². The van der Waals surface area contributed by atoms with Gasteiger partial charge in [0.1, 0.15) is 5.54 Å². The van der Waals surface area contributed by atoms with Crippen molar-refractivity contribution in [1.82, 2.24) is 0 Å². The van der Waals surface area contributed by atoms with Gasteiger partial charge in [0, 0.05) is 5.69 Å². The molecule has 1 aromatic carbocycles. The van der Waals surface area contributed by atoms with Crippen LogP contribution in [0.2, 0.25) is 0 Å². The van der Waals surface area contributed by atoms with Crippen molar-refractivity contribution >= 4 is 5.69 Å². The first-order valence-electron chi connectivity index (χ1n) is 6.96. The molecule has 2 rings (SSSR count). The van der Waals surface area contributed by atoms with Gasteiger partial charge in [0.2, 0.25) is 0 Å². The molecule has 96 valence electrons. The number of nitriles is 1. The lowest BCUT2D eigenvalue weighted by Crippen LogP contribution is -2.46. The average Bonchev–Trinajstić information content (AvgIpc) is 2.39. The van der Waals surface area contributed by atoms with Crippen LogP contribution in [0.4, 0.5) is 5.69 Å². The van der Waals surface area contributed by atoms with Crippen molar-refractivity contribution in [1.29, 1.82) is 5.26 Å². The number of aryl methyl sites for hydroxylation is 1. The monoisotopic (exact) mass is 242 g/mol. The molecule has 1 fully saturated rings. The highest BCUT2D eigenvalue weighted by Gasteiger charge is 2.39. The van der Waals surface area contributed by atoms with E-state index in [9.17, 15) is 5.26 Å². The van der Waals surface area contributed by atoms with Gasteiger partial charge in [-0.25, -0.2) is 0 Å². The fourth-order valence-corrected chi connectivity index (χ4v) is 3.12. The van der Waals surface area contributed by atoms with Crippen molar-refractivity contribution < 1.29 is 0 Å². The Labute approximate surface area is 110 Å². The Bertz CT molecular complexity index is 447. The van der Waals surface area contributed by atoms with Crippen molar-refractivity contribution in [3.8, 4) is 6.07 Å². The number of nitrogens with one attached hydrogen (secondary N) is 1. The van der Waals surface area contributed by atoms with Crippen LogP contribution in [0.1, 0.15) is 44.6 Å². The summed E-state index contributed by atoms with van der Waals surface area (Å²) in [5.41, 5.74) is 1.95. The van der Waals surface area contributed by atoms with Gasteiger partial charge in [-0.1, -0.05) is 38.3 Å². The summed E-state index contributed by atoms with van der Waals surface area (Å²) >= 11 is 0. The van der Waals surface area contributed by atoms with Gasteiger partial charge in [-0.05, 0) is 43.4 Å². The molecule has 0 aromatic heterocycles. The van der Waals surface area contributed by atoms with E-state index in [0.29, 0.717) is 5.92 Å². The normalized spacial score (nSPS) is 27.5. The molecule has 2 atom stereocenters. The molecule has 1 aromatic rings. The molecule has 0 spiro atoms. The second-order valence-electron chi connectivity index (χ2n) is 5.43. The third-order valence-corrected chi connectivity index (χ3v) is 4.15. The number of nitrogens with zero attached hydrogens (tertiary/aromatic N) is 1. The third kappa shape index (κ3) is 2.51. The first kappa shape index (κ1) is 13.0. The zero-order valence-corrected chi connectivity index (χ0v) is 11.4. The van der Waals surface area contributed by atoms with Gasteiger partial charge in [0.15, 0.2) is 0 Å². The lowest BCUT2D eigenvalue weighted by Gasteiger charge is -2.40. The average molecular weight is 242 g/mol.